The van der Waals surface area contributed by atoms with Gasteiger partial charge in [-0.05, 0) is 35.7 Å². The third kappa shape index (κ3) is 2.40. The van der Waals surface area contributed by atoms with Crippen molar-refractivity contribution in [3.8, 4) is 6.07 Å². The summed E-state index contributed by atoms with van der Waals surface area (Å²) < 4.78 is 2.98. The first-order chi connectivity index (χ1) is 8.08. The molecule has 0 saturated heterocycles. The van der Waals surface area contributed by atoms with Crippen molar-refractivity contribution in [1.82, 2.24) is 9.78 Å². The topological polar surface area (TPSA) is 41.6 Å². The Bertz CT molecular complexity index is 450. The molecule has 2 rings (SSSR count). The fourth-order valence-corrected chi connectivity index (χ4v) is 3.23. The number of hydrogen-bond acceptors (Lipinski definition) is 2. The molecule has 1 saturated carbocycles. The van der Waals surface area contributed by atoms with E-state index in [4.69, 9.17) is 0 Å². The molecule has 0 unspecified atom stereocenters. The van der Waals surface area contributed by atoms with E-state index >= 15 is 0 Å². The van der Waals surface area contributed by atoms with Crippen LogP contribution in [-0.4, -0.2) is 9.78 Å². The first-order valence-corrected chi connectivity index (χ1v) is 6.96. The Morgan fingerprint density at radius 3 is 2.53 bits per heavy atom. The van der Waals surface area contributed by atoms with Crippen molar-refractivity contribution >= 4 is 15.9 Å². The highest BCUT2D eigenvalue weighted by Crippen LogP contribution is 2.40. The first-order valence-electron chi connectivity index (χ1n) is 6.17. The summed E-state index contributed by atoms with van der Waals surface area (Å²) in [5.74, 6) is 0. The summed E-state index contributed by atoms with van der Waals surface area (Å²) in [6.45, 7) is 1.99. The number of aromatic nitrogens is 2. The zero-order valence-electron chi connectivity index (χ0n) is 10.5. The molecule has 1 fully saturated rings. The van der Waals surface area contributed by atoms with Gasteiger partial charge in [0.25, 0.3) is 0 Å². The molecule has 3 nitrogen and oxygen atoms in total. The molecule has 0 aromatic carbocycles. The van der Waals surface area contributed by atoms with Crippen LogP contribution < -0.4 is 0 Å². The fraction of sp³-hybridized carbons (Fsp3) is 0.692. The zero-order chi connectivity index (χ0) is 12.5. The Hall–Kier alpha value is -0.820. The largest absolute Gasteiger partial charge is 0.271 e. The monoisotopic (exact) mass is 295 g/mol. The summed E-state index contributed by atoms with van der Waals surface area (Å²) in [5, 5.41) is 13.9. The van der Waals surface area contributed by atoms with E-state index in [2.05, 4.69) is 27.1 Å². The number of nitriles is 1. The molecule has 17 heavy (non-hydrogen) atoms. The molecular formula is C13H18BrN3. The van der Waals surface area contributed by atoms with Crippen molar-refractivity contribution in [2.45, 2.75) is 45.4 Å². The minimum atomic E-state index is -0.166. The second-order valence-electron chi connectivity index (χ2n) is 5.10. The van der Waals surface area contributed by atoms with Gasteiger partial charge in [-0.2, -0.15) is 10.4 Å². The maximum absolute atomic E-state index is 9.50. The molecule has 1 aromatic rings. The highest BCUT2D eigenvalue weighted by molar-refractivity contribution is 9.10. The quantitative estimate of drug-likeness (QED) is 0.838. The van der Waals surface area contributed by atoms with Gasteiger partial charge in [0.15, 0.2) is 0 Å². The van der Waals surface area contributed by atoms with Gasteiger partial charge in [0.1, 0.15) is 0 Å². The summed E-state index contributed by atoms with van der Waals surface area (Å²) in [6, 6.07) is 2.57. The smallest absolute Gasteiger partial charge is 0.0738 e. The van der Waals surface area contributed by atoms with Crippen molar-refractivity contribution in [1.29, 1.82) is 5.26 Å². The number of halogens is 1. The van der Waals surface area contributed by atoms with E-state index in [-0.39, 0.29) is 5.41 Å². The number of aryl methyl sites for hydroxylation is 2. The van der Waals surface area contributed by atoms with Crippen LogP contribution in [0.25, 0.3) is 0 Å². The van der Waals surface area contributed by atoms with Crippen LogP contribution in [0.4, 0.5) is 0 Å². The standard InChI is InChI=1S/C13H18BrN3/c1-10-12(14)11(17(2)16-10)8-13(9-15)6-4-3-5-7-13/h3-8H2,1-2H3. The van der Waals surface area contributed by atoms with Gasteiger partial charge in [-0.1, -0.05) is 19.3 Å². The molecule has 4 heteroatoms. The minimum absolute atomic E-state index is 0.166. The summed E-state index contributed by atoms with van der Waals surface area (Å²) in [6.07, 6.45) is 6.51. The molecule has 0 aliphatic heterocycles. The van der Waals surface area contributed by atoms with E-state index in [1.807, 2.05) is 18.7 Å². The molecule has 1 aliphatic carbocycles. The molecule has 1 heterocycles. The van der Waals surface area contributed by atoms with E-state index in [1.54, 1.807) is 0 Å². The lowest BCUT2D eigenvalue weighted by Gasteiger charge is -2.30. The maximum Gasteiger partial charge on any atom is 0.0738 e. The lowest BCUT2D eigenvalue weighted by Crippen LogP contribution is -2.26. The van der Waals surface area contributed by atoms with Crippen LogP contribution in [0.3, 0.4) is 0 Å². The Labute approximate surface area is 111 Å². The second-order valence-corrected chi connectivity index (χ2v) is 5.89. The third-order valence-electron chi connectivity index (χ3n) is 3.82. The van der Waals surface area contributed by atoms with Crippen LogP contribution in [0, 0.1) is 23.7 Å². The summed E-state index contributed by atoms with van der Waals surface area (Å²) in [5.41, 5.74) is 2.00. The molecule has 0 spiro atoms. The van der Waals surface area contributed by atoms with Gasteiger partial charge in [-0.15, -0.1) is 0 Å². The molecule has 0 N–H and O–H groups in total. The Kier molecular flexibility index (Phi) is 3.58. The number of hydrogen-bond donors (Lipinski definition) is 0. The van der Waals surface area contributed by atoms with Gasteiger partial charge in [-0.3, -0.25) is 4.68 Å². The van der Waals surface area contributed by atoms with Crippen molar-refractivity contribution < 1.29 is 0 Å². The molecule has 0 radical (unpaired) electrons. The van der Waals surface area contributed by atoms with Crippen LogP contribution in [-0.2, 0) is 13.5 Å². The Morgan fingerprint density at radius 1 is 1.41 bits per heavy atom. The summed E-state index contributed by atoms with van der Waals surface area (Å²) in [7, 11) is 1.96. The van der Waals surface area contributed by atoms with Gasteiger partial charge in [0, 0.05) is 13.5 Å². The highest BCUT2D eigenvalue weighted by Gasteiger charge is 2.34. The number of nitrogens with zero attached hydrogens (tertiary/aromatic N) is 3. The van der Waals surface area contributed by atoms with Crippen LogP contribution in [0.15, 0.2) is 4.47 Å². The molecule has 1 aliphatic rings. The van der Waals surface area contributed by atoms with Crippen LogP contribution >= 0.6 is 15.9 Å². The van der Waals surface area contributed by atoms with Gasteiger partial charge in [-0.25, -0.2) is 0 Å². The fourth-order valence-electron chi connectivity index (χ4n) is 2.75. The predicted molar refractivity (Wildman–Crippen MR) is 70.5 cm³/mol. The molecule has 92 valence electrons. The molecule has 1 aromatic heterocycles. The van der Waals surface area contributed by atoms with E-state index in [1.165, 1.54) is 19.3 Å². The Morgan fingerprint density at radius 2 is 2.06 bits per heavy atom. The SMILES string of the molecule is Cc1nn(C)c(CC2(C#N)CCCCC2)c1Br. The van der Waals surface area contributed by atoms with Crippen molar-refractivity contribution in [3.05, 3.63) is 15.9 Å². The van der Waals surface area contributed by atoms with Crippen LogP contribution in [0.1, 0.15) is 43.5 Å². The molecule has 0 atom stereocenters. The molecule has 0 amide bonds. The molecular weight excluding hydrogens is 278 g/mol. The van der Waals surface area contributed by atoms with Gasteiger partial charge >= 0.3 is 0 Å². The zero-order valence-corrected chi connectivity index (χ0v) is 12.0. The molecule has 0 bridgehead atoms. The average Bonchev–Trinajstić information content (AvgIpc) is 2.57. The highest BCUT2D eigenvalue weighted by atomic mass is 79.9. The summed E-state index contributed by atoms with van der Waals surface area (Å²) in [4.78, 5) is 0. The van der Waals surface area contributed by atoms with Crippen LogP contribution in [0.5, 0.6) is 0 Å². The first kappa shape index (κ1) is 12.6. The average molecular weight is 296 g/mol. The van der Waals surface area contributed by atoms with E-state index in [9.17, 15) is 5.26 Å². The van der Waals surface area contributed by atoms with Crippen molar-refractivity contribution in [3.63, 3.8) is 0 Å². The lowest BCUT2D eigenvalue weighted by atomic mass is 9.72. The van der Waals surface area contributed by atoms with Crippen LogP contribution in [0.2, 0.25) is 0 Å². The van der Waals surface area contributed by atoms with E-state index < -0.39 is 0 Å². The van der Waals surface area contributed by atoms with Crippen molar-refractivity contribution in [2.24, 2.45) is 12.5 Å². The van der Waals surface area contributed by atoms with Gasteiger partial charge in [0.05, 0.1) is 27.3 Å². The van der Waals surface area contributed by atoms with E-state index in [0.29, 0.717) is 0 Å². The normalized spacial score (nSPS) is 18.9. The lowest BCUT2D eigenvalue weighted by molar-refractivity contribution is 0.260. The van der Waals surface area contributed by atoms with Gasteiger partial charge in [0.2, 0.25) is 0 Å². The minimum Gasteiger partial charge on any atom is -0.271 e. The van der Waals surface area contributed by atoms with Crippen molar-refractivity contribution in [2.75, 3.05) is 0 Å². The van der Waals surface area contributed by atoms with Gasteiger partial charge < -0.3 is 0 Å². The summed E-state index contributed by atoms with van der Waals surface area (Å²) >= 11 is 3.59. The maximum atomic E-state index is 9.50. The second kappa shape index (κ2) is 4.81. The van der Waals surface area contributed by atoms with E-state index in [0.717, 1.165) is 35.1 Å². The predicted octanol–water partition coefficient (Wildman–Crippen LogP) is 3.51. The third-order valence-corrected chi connectivity index (χ3v) is 4.85. The Balaban J connectivity index is 2.27. The number of rotatable bonds is 2.